The lowest BCUT2D eigenvalue weighted by Crippen LogP contribution is -2.23. The van der Waals surface area contributed by atoms with Gasteiger partial charge < -0.3 is 19.8 Å². The highest BCUT2D eigenvalue weighted by Crippen LogP contribution is 2.29. The molecule has 2 atom stereocenters. The molecule has 0 radical (unpaired) electrons. The summed E-state index contributed by atoms with van der Waals surface area (Å²) in [5.41, 5.74) is 3.82. The number of hydrogen-bond donors (Lipinski definition) is 2. The molecule has 0 spiro atoms. The molecule has 30 heavy (non-hydrogen) atoms. The first kappa shape index (κ1) is 18.6. The SMILES string of the molecule is COc1cccc(C(Nc2ccc3nc[nH]c3c2)c2nnnn2CC2CCCO2)c1. The molecule has 2 N–H and O–H groups in total. The van der Waals surface area contributed by atoms with Gasteiger partial charge in [0.2, 0.25) is 0 Å². The van der Waals surface area contributed by atoms with Gasteiger partial charge in [-0.3, -0.25) is 0 Å². The van der Waals surface area contributed by atoms with E-state index in [9.17, 15) is 0 Å². The van der Waals surface area contributed by atoms with Gasteiger partial charge in [0.1, 0.15) is 11.8 Å². The number of benzene rings is 2. The monoisotopic (exact) mass is 405 g/mol. The Balaban J connectivity index is 1.51. The second-order valence-corrected chi connectivity index (χ2v) is 7.34. The topological polar surface area (TPSA) is 103 Å². The van der Waals surface area contributed by atoms with Crippen LogP contribution in [0.2, 0.25) is 0 Å². The quantitative estimate of drug-likeness (QED) is 0.487. The number of imidazole rings is 1. The molecule has 2 aromatic heterocycles. The van der Waals surface area contributed by atoms with Gasteiger partial charge in [0.15, 0.2) is 5.82 Å². The number of aromatic nitrogens is 6. The summed E-state index contributed by atoms with van der Waals surface area (Å²) in [5.74, 6) is 1.50. The van der Waals surface area contributed by atoms with E-state index in [4.69, 9.17) is 9.47 Å². The highest BCUT2D eigenvalue weighted by Gasteiger charge is 2.25. The zero-order valence-corrected chi connectivity index (χ0v) is 16.7. The van der Waals surface area contributed by atoms with Gasteiger partial charge >= 0.3 is 0 Å². The summed E-state index contributed by atoms with van der Waals surface area (Å²) >= 11 is 0. The number of ether oxygens (including phenoxy) is 2. The molecule has 1 aliphatic heterocycles. The van der Waals surface area contributed by atoms with Crippen molar-refractivity contribution in [3.63, 3.8) is 0 Å². The number of methoxy groups -OCH3 is 1. The number of fused-ring (bicyclic) bond motifs is 1. The van der Waals surface area contributed by atoms with Crippen LogP contribution in [0.5, 0.6) is 5.75 Å². The summed E-state index contributed by atoms with van der Waals surface area (Å²) in [6.07, 6.45) is 3.92. The molecule has 2 aromatic carbocycles. The minimum Gasteiger partial charge on any atom is -0.497 e. The fourth-order valence-electron chi connectivity index (χ4n) is 3.84. The number of anilines is 1. The van der Waals surface area contributed by atoms with Crippen LogP contribution in [0.25, 0.3) is 11.0 Å². The molecule has 0 bridgehead atoms. The van der Waals surface area contributed by atoms with E-state index in [1.54, 1.807) is 13.4 Å². The van der Waals surface area contributed by atoms with Crippen LogP contribution in [-0.4, -0.2) is 50.0 Å². The van der Waals surface area contributed by atoms with Gasteiger partial charge in [-0.2, -0.15) is 0 Å². The molecule has 3 heterocycles. The Labute approximate surface area is 173 Å². The summed E-state index contributed by atoms with van der Waals surface area (Å²) in [5, 5.41) is 16.1. The van der Waals surface area contributed by atoms with Crippen molar-refractivity contribution in [1.82, 2.24) is 30.2 Å². The molecule has 5 rings (SSSR count). The second kappa shape index (κ2) is 8.11. The zero-order valence-electron chi connectivity index (χ0n) is 16.7. The van der Waals surface area contributed by atoms with Crippen molar-refractivity contribution in [2.45, 2.75) is 31.5 Å². The number of nitrogens with one attached hydrogen (secondary N) is 2. The van der Waals surface area contributed by atoms with Crippen molar-refractivity contribution in [3.8, 4) is 5.75 Å². The molecule has 1 aliphatic rings. The maximum atomic E-state index is 5.79. The van der Waals surface area contributed by atoms with Crippen LogP contribution in [0.15, 0.2) is 48.8 Å². The van der Waals surface area contributed by atoms with E-state index in [2.05, 4.69) is 30.8 Å². The summed E-state index contributed by atoms with van der Waals surface area (Å²) in [4.78, 5) is 7.44. The van der Waals surface area contributed by atoms with Crippen molar-refractivity contribution >= 4 is 16.7 Å². The molecule has 9 heteroatoms. The lowest BCUT2D eigenvalue weighted by molar-refractivity contribution is 0.0925. The van der Waals surface area contributed by atoms with Crippen LogP contribution in [-0.2, 0) is 11.3 Å². The minimum absolute atomic E-state index is 0.138. The first-order valence-corrected chi connectivity index (χ1v) is 10.0. The van der Waals surface area contributed by atoms with Crippen LogP contribution in [0.3, 0.4) is 0 Å². The highest BCUT2D eigenvalue weighted by atomic mass is 16.5. The van der Waals surface area contributed by atoms with Crippen LogP contribution >= 0.6 is 0 Å². The number of rotatable bonds is 7. The third-order valence-corrected chi connectivity index (χ3v) is 5.38. The van der Waals surface area contributed by atoms with Crippen molar-refractivity contribution in [1.29, 1.82) is 0 Å². The molecule has 2 unspecified atom stereocenters. The van der Waals surface area contributed by atoms with Gasteiger partial charge in [0.25, 0.3) is 0 Å². The normalized spacial score (nSPS) is 17.3. The number of aromatic amines is 1. The van der Waals surface area contributed by atoms with Crippen LogP contribution in [0, 0.1) is 0 Å². The van der Waals surface area contributed by atoms with Gasteiger partial charge in [-0.15, -0.1) is 5.10 Å². The van der Waals surface area contributed by atoms with E-state index in [1.165, 1.54) is 0 Å². The Kier molecular flexibility index (Phi) is 5.02. The molecular weight excluding hydrogens is 382 g/mol. The number of nitrogens with zero attached hydrogens (tertiary/aromatic N) is 5. The standard InChI is InChI=1S/C21H23N7O2/c1-29-16-5-2-4-14(10-16)20(24-15-7-8-18-19(11-15)23-13-22-18)21-25-26-27-28(21)12-17-6-3-9-30-17/h2,4-5,7-8,10-11,13,17,20,24H,3,6,9,12H2,1H3,(H,22,23). The third-order valence-electron chi connectivity index (χ3n) is 5.38. The Morgan fingerprint density at radius 1 is 1.30 bits per heavy atom. The van der Waals surface area contributed by atoms with Crippen molar-refractivity contribution in [2.24, 2.45) is 0 Å². The Hall–Kier alpha value is -3.46. The molecule has 0 saturated carbocycles. The van der Waals surface area contributed by atoms with Gasteiger partial charge in [-0.05, 0) is 59.2 Å². The fourth-order valence-corrected chi connectivity index (χ4v) is 3.84. The maximum Gasteiger partial charge on any atom is 0.178 e. The molecule has 0 amide bonds. The van der Waals surface area contributed by atoms with Gasteiger partial charge in [0, 0.05) is 12.3 Å². The molecule has 1 saturated heterocycles. The zero-order chi connectivity index (χ0) is 20.3. The smallest absolute Gasteiger partial charge is 0.178 e. The maximum absolute atomic E-state index is 5.79. The third kappa shape index (κ3) is 3.71. The minimum atomic E-state index is -0.267. The van der Waals surface area contributed by atoms with E-state index >= 15 is 0 Å². The number of H-pyrrole nitrogens is 1. The first-order chi connectivity index (χ1) is 14.8. The average Bonchev–Trinajstić information content (AvgIpc) is 3.54. The molecule has 4 aromatic rings. The molecule has 9 nitrogen and oxygen atoms in total. The Morgan fingerprint density at radius 2 is 2.27 bits per heavy atom. The van der Waals surface area contributed by atoms with Crippen molar-refractivity contribution < 1.29 is 9.47 Å². The Bertz CT molecular complexity index is 1130. The van der Waals surface area contributed by atoms with E-state index in [1.807, 2.05) is 47.1 Å². The first-order valence-electron chi connectivity index (χ1n) is 10.0. The van der Waals surface area contributed by atoms with Crippen molar-refractivity contribution in [3.05, 3.63) is 60.2 Å². The van der Waals surface area contributed by atoms with E-state index in [0.717, 1.165) is 53.3 Å². The number of hydrogen-bond acceptors (Lipinski definition) is 7. The van der Waals surface area contributed by atoms with E-state index in [-0.39, 0.29) is 12.1 Å². The Morgan fingerprint density at radius 3 is 3.13 bits per heavy atom. The van der Waals surface area contributed by atoms with E-state index < -0.39 is 0 Å². The van der Waals surface area contributed by atoms with Crippen LogP contribution < -0.4 is 10.1 Å². The predicted molar refractivity (Wildman–Crippen MR) is 111 cm³/mol. The summed E-state index contributed by atoms with van der Waals surface area (Å²) in [6.45, 7) is 1.42. The fraction of sp³-hybridized carbons (Fsp3) is 0.333. The largest absolute Gasteiger partial charge is 0.497 e. The van der Waals surface area contributed by atoms with Crippen LogP contribution in [0.4, 0.5) is 5.69 Å². The summed E-state index contributed by atoms with van der Waals surface area (Å²) in [7, 11) is 1.66. The molecule has 1 fully saturated rings. The molecular formula is C21H23N7O2. The van der Waals surface area contributed by atoms with Gasteiger partial charge in [-0.1, -0.05) is 12.1 Å². The molecule has 154 valence electrons. The second-order valence-electron chi connectivity index (χ2n) is 7.34. The highest BCUT2D eigenvalue weighted by molar-refractivity contribution is 5.78. The lowest BCUT2D eigenvalue weighted by Gasteiger charge is -2.21. The number of tetrazole rings is 1. The lowest BCUT2D eigenvalue weighted by atomic mass is 10.0. The molecule has 0 aliphatic carbocycles. The van der Waals surface area contributed by atoms with Gasteiger partial charge in [0.05, 0.1) is 37.1 Å². The van der Waals surface area contributed by atoms with Crippen molar-refractivity contribution in [2.75, 3.05) is 19.0 Å². The summed E-state index contributed by atoms with van der Waals surface area (Å²) in [6, 6.07) is 13.7. The predicted octanol–water partition coefficient (Wildman–Crippen LogP) is 2.94. The summed E-state index contributed by atoms with van der Waals surface area (Å²) < 4.78 is 13.1. The average molecular weight is 405 g/mol. The van der Waals surface area contributed by atoms with Crippen LogP contribution in [0.1, 0.15) is 30.3 Å². The van der Waals surface area contributed by atoms with Gasteiger partial charge in [-0.25, -0.2) is 9.67 Å². The van der Waals surface area contributed by atoms with E-state index in [0.29, 0.717) is 6.54 Å².